The number of thiol groups is 1. The molecule has 0 aliphatic heterocycles. The Morgan fingerprint density at radius 2 is 2.13 bits per heavy atom. The van der Waals surface area contributed by atoms with Crippen LogP contribution in [0.15, 0.2) is 23.1 Å². The largest absolute Gasteiger partial charge is 0.433 e. The van der Waals surface area contributed by atoms with Crippen molar-refractivity contribution in [2.45, 2.75) is 24.3 Å². The van der Waals surface area contributed by atoms with E-state index in [9.17, 15) is 13.6 Å². The summed E-state index contributed by atoms with van der Waals surface area (Å²) in [7, 11) is 0. The van der Waals surface area contributed by atoms with Crippen LogP contribution in [0.25, 0.3) is 0 Å². The fraction of sp³-hybridized carbons (Fsp3) is 0.300. The number of para-hydroxylation sites is 1. The molecule has 0 bridgehead atoms. The van der Waals surface area contributed by atoms with Crippen molar-refractivity contribution in [3.8, 4) is 5.75 Å². The summed E-state index contributed by atoms with van der Waals surface area (Å²) < 4.78 is 28.5. The molecule has 1 aromatic rings. The highest BCUT2D eigenvalue weighted by Gasteiger charge is 2.16. The van der Waals surface area contributed by atoms with Gasteiger partial charge in [-0.25, -0.2) is 0 Å². The second kappa shape index (κ2) is 5.11. The molecule has 0 spiro atoms. The van der Waals surface area contributed by atoms with Gasteiger partial charge in [-0.2, -0.15) is 8.78 Å². The van der Waals surface area contributed by atoms with Gasteiger partial charge in [-0.15, -0.1) is 12.6 Å². The molecule has 0 radical (unpaired) electrons. The number of rotatable bonds is 4. The Labute approximate surface area is 91.7 Å². The van der Waals surface area contributed by atoms with Gasteiger partial charge >= 0.3 is 6.61 Å². The minimum atomic E-state index is -2.92. The van der Waals surface area contributed by atoms with Crippen LogP contribution in [0.1, 0.15) is 18.4 Å². The normalized spacial score (nSPS) is 12.6. The van der Waals surface area contributed by atoms with Crippen LogP contribution in [0.2, 0.25) is 0 Å². The van der Waals surface area contributed by atoms with Crippen molar-refractivity contribution in [1.29, 1.82) is 0 Å². The molecule has 0 aromatic heterocycles. The van der Waals surface area contributed by atoms with Crippen LogP contribution in [0.4, 0.5) is 8.78 Å². The smallest absolute Gasteiger partial charge is 0.387 e. The number of aldehydes is 1. The SMILES string of the molecule is CC(C=O)c1cccc(S)c1OC(F)F. The zero-order chi connectivity index (χ0) is 11.4. The molecule has 82 valence electrons. The summed E-state index contributed by atoms with van der Waals surface area (Å²) in [4.78, 5) is 10.9. The number of hydrogen-bond donors (Lipinski definition) is 1. The van der Waals surface area contributed by atoms with Gasteiger partial charge in [0.15, 0.2) is 0 Å². The van der Waals surface area contributed by atoms with Crippen molar-refractivity contribution in [3.05, 3.63) is 23.8 Å². The summed E-state index contributed by atoms with van der Waals surface area (Å²) in [5, 5.41) is 0. The van der Waals surface area contributed by atoms with Crippen molar-refractivity contribution in [1.82, 2.24) is 0 Å². The van der Waals surface area contributed by atoms with Crippen molar-refractivity contribution < 1.29 is 18.3 Å². The summed E-state index contributed by atoms with van der Waals surface area (Å²) in [5.74, 6) is -0.527. The minimum absolute atomic E-state index is 0.0320. The molecule has 15 heavy (non-hydrogen) atoms. The molecule has 0 heterocycles. The van der Waals surface area contributed by atoms with Crippen molar-refractivity contribution in [2.75, 3.05) is 0 Å². The highest BCUT2D eigenvalue weighted by Crippen LogP contribution is 2.32. The Hall–Kier alpha value is -1.10. The Morgan fingerprint density at radius 3 is 2.67 bits per heavy atom. The van der Waals surface area contributed by atoms with Crippen molar-refractivity contribution in [3.63, 3.8) is 0 Å². The van der Waals surface area contributed by atoms with Gasteiger partial charge in [-0.1, -0.05) is 19.1 Å². The first-order valence-corrected chi connectivity index (χ1v) is 4.73. The van der Waals surface area contributed by atoms with E-state index in [4.69, 9.17) is 0 Å². The van der Waals surface area contributed by atoms with E-state index in [0.717, 1.165) is 0 Å². The summed E-state index contributed by atoms with van der Waals surface area (Å²) in [6.07, 6.45) is 0.668. The molecule has 0 N–H and O–H groups in total. The first-order valence-electron chi connectivity index (χ1n) is 4.28. The average molecular weight is 232 g/mol. The molecule has 0 aliphatic carbocycles. The highest BCUT2D eigenvalue weighted by molar-refractivity contribution is 7.80. The Balaban J connectivity index is 3.13. The van der Waals surface area contributed by atoms with Gasteiger partial charge in [0.25, 0.3) is 0 Å². The number of carbonyl (C=O) groups excluding carboxylic acids is 1. The Morgan fingerprint density at radius 1 is 1.47 bits per heavy atom. The maximum Gasteiger partial charge on any atom is 0.387 e. The van der Waals surface area contributed by atoms with Crippen LogP contribution in [0, 0.1) is 0 Å². The molecule has 0 aliphatic rings. The number of alkyl halides is 2. The summed E-state index contributed by atoms with van der Waals surface area (Å²) >= 11 is 4.00. The summed E-state index contributed by atoms with van der Waals surface area (Å²) in [6.45, 7) is -1.32. The number of ether oxygens (including phenoxy) is 1. The first-order chi connectivity index (χ1) is 7.06. The molecular weight excluding hydrogens is 222 g/mol. The van der Waals surface area contributed by atoms with Gasteiger partial charge < -0.3 is 9.53 Å². The lowest BCUT2D eigenvalue weighted by Crippen LogP contribution is -2.07. The second-order valence-corrected chi connectivity index (χ2v) is 3.48. The van der Waals surface area contributed by atoms with Gasteiger partial charge in [0, 0.05) is 16.4 Å². The summed E-state index contributed by atoms with van der Waals surface area (Å²) in [5.41, 5.74) is 0.415. The van der Waals surface area contributed by atoms with Crippen molar-refractivity contribution in [2.24, 2.45) is 0 Å². The third-order valence-electron chi connectivity index (χ3n) is 1.93. The van der Waals surface area contributed by atoms with Gasteiger partial charge in [-0.3, -0.25) is 0 Å². The fourth-order valence-electron chi connectivity index (χ4n) is 1.19. The quantitative estimate of drug-likeness (QED) is 0.638. The van der Waals surface area contributed by atoms with Crippen LogP contribution in [-0.4, -0.2) is 12.9 Å². The molecule has 1 rings (SSSR count). The maximum atomic E-state index is 12.1. The van der Waals surface area contributed by atoms with E-state index in [-0.39, 0.29) is 5.75 Å². The zero-order valence-corrected chi connectivity index (χ0v) is 8.88. The third-order valence-corrected chi connectivity index (χ3v) is 2.28. The molecule has 1 unspecified atom stereocenters. The predicted molar refractivity (Wildman–Crippen MR) is 54.8 cm³/mol. The lowest BCUT2D eigenvalue weighted by atomic mass is 10.0. The molecular formula is C10H10F2O2S. The Bertz CT molecular complexity index is 355. The van der Waals surface area contributed by atoms with Gasteiger partial charge in [0.1, 0.15) is 12.0 Å². The fourth-order valence-corrected chi connectivity index (χ4v) is 1.46. The standard InChI is InChI=1S/C10H10F2O2S/c1-6(5-13)7-3-2-4-8(15)9(7)14-10(11)12/h2-6,10,15H,1H3. The first kappa shape index (κ1) is 12.0. The van der Waals surface area contributed by atoms with E-state index >= 15 is 0 Å². The molecule has 2 nitrogen and oxygen atoms in total. The van der Waals surface area contributed by atoms with Gasteiger partial charge in [0.2, 0.25) is 0 Å². The van der Waals surface area contributed by atoms with Crippen LogP contribution in [0.3, 0.4) is 0 Å². The van der Waals surface area contributed by atoms with Crippen LogP contribution in [-0.2, 0) is 4.79 Å². The van der Waals surface area contributed by atoms with Crippen LogP contribution in [0.5, 0.6) is 5.75 Å². The second-order valence-electron chi connectivity index (χ2n) is 3.00. The molecule has 0 fully saturated rings. The maximum absolute atomic E-state index is 12.1. The molecule has 0 saturated carbocycles. The van der Waals surface area contributed by atoms with E-state index in [1.807, 2.05) is 0 Å². The third kappa shape index (κ3) is 2.92. The average Bonchev–Trinajstić information content (AvgIpc) is 2.19. The Kier molecular flexibility index (Phi) is 4.08. The van der Waals surface area contributed by atoms with E-state index in [1.165, 1.54) is 6.07 Å². The van der Waals surface area contributed by atoms with E-state index in [0.29, 0.717) is 16.7 Å². The number of benzene rings is 1. The summed E-state index contributed by atoms with van der Waals surface area (Å²) in [6, 6.07) is 4.73. The number of carbonyl (C=O) groups is 1. The number of hydrogen-bond acceptors (Lipinski definition) is 3. The minimum Gasteiger partial charge on any atom is -0.433 e. The van der Waals surface area contributed by atoms with Crippen LogP contribution < -0.4 is 4.74 Å². The van der Waals surface area contributed by atoms with E-state index in [1.54, 1.807) is 19.1 Å². The molecule has 1 aromatic carbocycles. The predicted octanol–water partition coefficient (Wildman–Crippen LogP) is 2.88. The molecule has 1 atom stereocenters. The topological polar surface area (TPSA) is 26.3 Å². The zero-order valence-electron chi connectivity index (χ0n) is 7.98. The molecule has 5 heteroatoms. The number of halogens is 2. The van der Waals surface area contributed by atoms with E-state index in [2.05, 4.69) is 17.4 Å². The lowest BCUT2D eigenvalue weighted by Gasteiger charge is -2.14. The molecule has 0 saturated heterocycles. The van der Waals surface area contributed by atoms with E-state index < -0.39 is 12.5 Å². The van der Waals surface area contributed by atoms with Gasteiger partial charge in [0.05, 0.1) is 0 Å². The van der Waals surface area contributed by atoms with Crippen molar-refractivity contribution >= 4 is 18.9 Å². The van der Waals surface area contributed by atoms with Crippen LogP contribution >= 0.6 is 12.6 Å². The highest BCUT2D eigenvalue weighted by atomic mass is 32.1. The monoisotopic (exact) mass is 232 g/mol. The lowest BCUT2D eigenvalue weighted by molar-refractivity contribution is -0.109. The molecule has 0 amide bonds. The van der Waals surface area contributed by atoms with Gasteiger partial charge in [-0.05, 0) is 6.07 Å².